The zero-order valence-corrected chi connectivity index (χ0v) is 14.0. The van der Waals surface area contributed by atoms with Crippen LogP contribution < -0.4 is 10.6 Å². The molecule has 0 spiro atoms. The highest BCUT2D eigenvalue weighted by molar-refractivity contribution is 6.39. The second-order valence-electron chi connectivity index (χ2n) is 4.59. The Morgan fingerprint density at radius 3 is 2.17 bits per heavy atom. The first-order valence-corrected chi connectivity index (χ1v) is 7.82. The smallest absolute Gasteiger partial charge is 0.229 e. The maximum absolute atomic E-state index is 6.13. The molecule has 0 aliphatic carbocycles. The van der Waals surface area contributed by atoms with E-state index in [1.165, 1.54) is 0 Å². The van der Waals surface area contributed by atoms with Crippen LogP contribution in [-0.2, 0) is 0 Å². The van der Waals surface area contributed by atoms with E-state index in [1.54, 1.807) is 36.5 Å². The number of rotatable bonds is 4. The summed E-state index contributed by atoms with van der Waals surface area (Å²) in [6, 6.07) is 14.4. The van der Waals surface area contributed by atoms with Crippen LogP contribution in [0.25, 0.3) is 0 Å². The van der Waals surface area contributed by atoms with Crippen LogP contribution in [-0.4, -0.2) is 9.97 Å². The number of benzene rings is 2. The molecule has 0 atom stereocenters. The molecule has 1 aromatic heterocycles. The fourth-order valence-corrected chi connectivity index (χ4v) is 2.59. The molecule has 4 nitrogen and oxygen atoms in total. The number of nitrogens with zero attached hydrogens (tertiary/aromatic N) is 2. The van der Waals surface area contributed by atoms with E-state index < -0.39 is 0 Å². The van der Waals surface area contributed by atoms with Crippen molar-refractivity contribution < 1.29 is 0 Å². The van der Waals surface area contributed by atoms with Crippen LogP contribution >= 0.6 is 34.8 Å². The molecule has 0 unspecified atom stereocenters. The number of nitrogens with one attached hydrogen (secondary N) is 2. The number of hydrogen-bond donors (Lipinski definition) is 2. The van der Waals surface area contributed by atoms with E-state index in [1.807, 2.05) is 18.2 Å². The Morgan fingerprint density at radius 2 is 1.43 bits per heavy atom. The van der Waals surface area contributed by atoms with Crippen molar-refractivity contribution in [3.05, 3.63) is 69.8 Å². The summed E-state index contributed by atoms with van der Waals surface area (Å²) in [7, 11) is 0. The van der Waals surface area contributed by atoms with Crippen LogP contribution in [0.2, 0.25) is 15.1 Å². The first kappa shape index (κ1) is 15.9. The molecule has 3 aromatic rings. The van der Waals surface area contributed by atoms with Gasteiger partial charge in [-0.2, -0.15) is 4.98 Å². The molecule has 0 aliphatic heterocycles. The molecule has 0 bridgehead atoms. The zero-order valence-electron chi connectivity index (χ0n) is 11.7. The van der Waals surface area contributed by atoms with Gasteiger partial charge in [-0.25, -0.2) is 4.98 Å². The second kappa shape index (κ2) is 7.04. The first-order valence-electron chi connectivity index (χ1n) is 6.69. The maximum atomic E-state index is 6.13. The minimum Gasteiger partial charge on any atom is -0.339 e. The lowest BCUT2D eigenvalue weighted by Crippen LogP contribution is -2.01. The summed E-state index contributed by atoms with van der Waals surface area (Å²) in [6.45, 7) is 0. The number of hydrogen-bond acceptors (Lipinski definition) is 4. The molecule has 2 aromatic carbocycles. The van der Waals surface area contributed by atoms with Gasteiger partial charge in [0.05, 0.1) is 26.4 Å². The van der Waals surface area contributed by atoms with Crippen molar-refractivity contribution in [3.63, 3.8) is 0 Å². The zero-order chi connectivity index (χ0) is 16.2. The fraction of sp³-hybridized carbons (Fsp3) is 0. The van der Waals surface area contributed by atoms with Gasteiger partial charge in [-0.3, -0.25) is 0 Å². The third kappa shape index (κ3) is 3.85. The van der Waals surface area contributed by atoms with E-state index in [9.17, 15) is 0 Å². The molecule has 7 heteroatoms. The Morgan fingerprint density at radius 1 is 0.739 bits per heavy atom. The highest BCUT2D eigenvalue weighted by atomic mass is 35.5. The molecule has 0 saturated carbocycles. The Balaban J connectivity index is 1.84. The predicted octanol–water partition coefficient (Wildman–Crippen LogP) is 5.92. The molecule has 2 N–H and O–H groups in total. The van der Waals surface area contributed by atoms with Crippen LogP contribution in [0.3, 0.4) is 0 Å². The number of aromatic nitrogens is 2. The summed E-state index contributed by atoms with van der Waals surface area (Å²) in [4.78, 5) is 8.55. The Bertz CT molecular complexity index is 819. The molecule has 0 amide bonds. The van der Waals surface area contributed by atoms with E-state index in [0.29, 0.717) is 32.5 Å². The standard InChI is InChI=1S/C16H11Cl3N4/c17-10-4-1-2-7-13(10)21-14-8-9-20-16(22-14)23-15-11(18)5-3-6-12(15)19/h1-9H,(H2,20,21,22,23). The number of anilines is 4. The third-order valence-electron chi connectivity index (χ3n) is 2.99. The molecule has 0 radical (unpaired) electrons. The summed E-state index contributed by atoms with van der Waals surface area (Å²) in [6.07, 6.45) is 1.62. The predicted molar refractivity (Wildman–Crippen MR) is 96.5 cm³/mol. The highest BCUT2D eigenvalue weighted by Crippen LogP contribution is 2.32. The van der Waals surface area contributed by atoms with Gasteiger partial charge in [-0.15, -0.1) is 0 Å². The quantitative estimate of drug-likeness (QED) is 0.602. The van der Waals surface area contributed by atoms with Crippen molar-refractivity contribution in [3.8, 4) is 0 Å². The van der Waals surface area contributed by atoms with E-state index in [4.69, 9.17) is 34.8 Å². The molecule has 1 heterocycles. The second-order valence-corrected chi connectivity index (χ2v) is 5.81. The van der Waals surface area contributed by atoms with Crippen LogP contribution in [0.1, 0.15) is 0 Å². The largest absolute Gasteiger partial charge is 0.339 e. The fourth-order valence-electron chi connectivity index (χ4n) is 1.92. The van der Waals surface area contributed by atoms with E-state index in [-0.39, 0.29) is 0 Å². The van der Waals surface area contributed by atoms with Crippen molar-refractivity contribution in [2.24, 2.45) is 0 Å². The lowest BCUT2D eigenvalue weighted by molar-refractivity contribution is 1.17. The Labute approximate surface area is 148 Å². The van der Waals surface area contributed by atoms with Gasteiger partial charge >= 0.3 is 0 Å². The summed E-state index contributed by atoms with van der Waals surface area (Å²) >= 11 is 18.4. The van der Waals surface area contributed by atoms with Crippen LogP contribution in [0, 0.1) is 0 Å². The molecule has 0 aliphatic rings. The lowest BCUT2D eigenvalue weighted by atomic mass is 10.3. The van der Waals surface area contributed by atoms with Gasteiger partial charge in [0.15, 0.2) is 0 Å². The molecule has 0 saturated heterocycles. The van der Waals surface area contributed by atoms with Crippen molar-refractivity contribution in [2.45, 2.75) is 0 Å². The maximum Gasteiger partial charge on any atom is 0.229 e. The van der Waals surface area contributed by atoms with E-state index in [2.05, 4.69) is 20.6 Å². The van der Waals surface area contributed by atoms with Crippen LogP contribution in [0.15, 0.2) is 54.7 Å². The average molecular weight is 366 g/mol. The van der Waals surface area contributed by atoms with Crippen molar-refractivity contribution in [1.82, 2.24) is 9.97 Å². The van der Waals surface area contributed by atoms with Gasteiger partial charge in [-0.05, 0) is 30.3 Å². The normalized spacial score (nSPS) is 10.4. The minimum absolute atomic E-state index is 0.372. The van der Waals surface area contributed by atoms with Gasteiger partial charge in [-0.1, -0.05) is 53.0 Å². The number of halogens is 3. The van der Waals surface area contributed by atoms with Gasteiger partial charge in [0.25, 0.3) is 0 Å². The summed E-state index contributed by atoms with van der Waals surface area (Å²) < 4.78 is 0. The topological polar surface area (TPSA) is 49.8 Å². The van der Waals surface area contributed by atoms with Gasteiger partial charge in [0.2, 0.25) is 5.95 Å². The van der Waals surface area contributed by atoms with Crippen molar-refractivity contribution >= 4 is 57.9 Å². The Hall–Kier alpha value is -2.01. The summed E-state index contributed by atoms with van der Waals surface area (Å²) in [5.41, 5.74) is 1.32. The molecule has 23 heavy (non-hydrogen) atoms. The van der Waals surface area contributed by atoms with Gasteiger partial charge in [0, 0.05) is 6.20 Å². The van der Waals surface area contributed by atoms with Crippen molar-refractivity contribution in [1.29, 1.82) is 0 Å². The van der Waals surface area contributed by atoms with Gasteiger partial charge < -0.3 is 10.6 Å². The number of para-hydroxylation sites is 2. The average Bonchev–Trinajstić information content (AvgIpc) is 2.54. The molecule has 0 fully saturated rings. The van der Waals surface area contributed by atoms with Crippen molar-refractivity contribution in [2.75, 3.05) is 10.6 Å². The highest BCUT2D eigenvalue weighted by Gasteiger charge is 2.08. The molecule has 116 valence electrons. The van der Waals surface area contributed by atoms with E-state index >= 15 is 0 Å². The molecular weight excluding hydrogens is 355 g/mol. The summed E-state index contributed by atoms with van der Waals surface area (Å²) in [5, 5.41) is 7.75. The van der Waals surface area contributed by atoms with Gasteiger partial charge in [0.1, 0.15) is 5.82 Å². The van der Waals surface area contributed by atoms with E-state index in [0.717, 1.165) is 5.69 Å². The molecule has 3 rings (SSSR count). The SMILES string of the molecule is Clc1ccccc1Nc1ccnc(Nc2c(Cl)cccc2Cl)n1. The van der Waals surface area contributed by atoms with Crippen LogP contribution in [0.4, 0.5) is 23.1 Å². The summed E-state index contributed by atoms with van der Waals surface area (Å²) in [5.74, 6) is 0.968. The minimum atomic E-state index is 0.372. The third-order valence-corrected chi connectivity index (χ3v) is 3.95. The Kier molecular flexibility index (Phi) is 4.86. The lowest BCUT2D eigenvalue weighted by Gasteiger charge is -2.11. The van der Waals surface area contributed by atoms with Crippen LogP contribution in [0.5, 0.6) is 0 Å². The monoisotopic (exact) mass is 364 g/mol. The first-order chi connectivity index (χ1) is 11.1. The molecular formula is C16H11Cl3N4.